The standard InChI is InChI=1S/C36H51N11O2/c1-36(2,3)31(37)19-33(41-25-20-40-45(6)22-25)43-35(48)42-29-12-13-30(28-10-8-7-9-27(28)29)49-26-11-14-32(38)47(23-26)34(39)46-17-15-24(16-18-46)21-44(4)5/h7-11,14,19-20,22-24,29-30,38-39H,12-13,15-18,21,37H2,1-6H3,(H2,41,42,43,48)/t29?,30-/m1/s1. The predicted molar refractivity (Wildman–Crippen MR) is 192 cm³/mol. The van der Waals surface area contributed by atoms with Crippen molar-refractivity contribution in [2.75, 3.05) is 33.7 Å². The SMILES string of the molecule is CN(C)CC1CCN(C(=N)n2cc(O[C@@H]3CCC(NC(=O)NC(C=C(N)C(C)(C)C)=Nc4cnn(C)c4)c4ccccc43)ccc2=N)CC1. The number of aryl methyl sites for hydroxylation is 1. The number of nitrogens with two attached hydrogens (primary N) is 1. The van der Waals surface area contributed by atoms with Gasteiger partial charge in [0.15, 0.2) is 0 Å². The fourth-order valence-electron chi connectivity index (χ4n) is 6.29. The summed E-state index contributed by atoms with van der Waals surface area (Å²) in [6.07, 6.45) is 9.92. The Morgan fingerprint density at radius 2 is 1.82 bits per heavy atom. The van der Waals surface area contributed by atoms with Crippen molar-refractivity contribution < 1.29 is 9.53 Å². The van der Waals surface area contributed by atoms with Gasteiger partial charge in [-0.3, -0.25) is 25.4 Å². The Morgan fingerprint density at radius 1 is 1.10 bits per heavy atom. The molecule has 13 nitrogen and oxygen atoms in total. The summed E-state index contributed by atoms with van der Waals surface area (Å²) in [7, 11) is 6.00. The number of ether oxygens (including phenoxy) is 1. The highest BCUT2D eigenvalue weighted by Gasteiger charge is 2.30. The molecule has 1 unspecified atom stereocenters. The zero-order valence-corrected chi connectivity index (χ0v) is 29.5. The van der Waals surface area contributed by atoms with Gasteiger partial charge < -0.3 is 25.6 Å². The monoisotopic (exact) mass is 669 g/mol. The molecule has 2 aliphatic rings. The van der Waals surface area contributed by atoms with Gasteiger partial charge in [0, 0.05) is 43.9 Å². The first kappa shape index (κ1) is 35.4. The predicted octanol–water partition coefficient (Wildman–Crippen LogP) is 4.63. The van der Waals surface area contributed by atoms with Crippen LogP contribution in [0.25, 0.3) is 0 Å². The first-order valence-electron chi connectivity index (χ1n) is 16.9. The number of hydrogen-bond donors (Lipinski definition) is 5. The number of nitrogens with one attached hydrogen (secondary N) is 4. The lowest BCUT2D eigenvalue weighted by molar-refractivity contribution is 0.170. The van der Waals surface area contributed by atoms with Crippen LogP contribution in [0.4, 0.5) is 10.5 Å². The average molecular weight is 670 g/mol. The van der Waals surface area contributed by atoms with E-state index in [4.69, 9.17) is 21.3 Å². The molecule has 2 amide bonds. The highest BCUT2D eigenvalue weighted by atomic mass is 16.5. The second-order valence-electron chi connectivity index (χ2n) is 14.3. The van der Waals surface area contributed by atoms with Crippen molar-refractivity contribution in [1.82, 2.24) is 34.8 Å². The molecule has 6 N–H and O–H groups in total. The number of aromatic nitrogens is 3. The number of fused-ring (bicyclic) bond motifs is 1. The van der Waals surface area contributed by atoms with Crippen LogP contribution < -0.4 is 26.6 Å². The number of benzene rings is 1. The molecule has 1 aliphatic heterocycles. The van der Waals surface area contributed by atoms with Gasteiger partial charge in [-0.1, -0.05) is 45.0 Å². The number of hydrogen-bond acceptors (Lipinski definition) is 8. The van der Waals surface area contributed by atoms with Crippen molar-refractivity contribution in [2.24, 2.45) is 29.1 Å². The smallest absolute Gasteiger partial charge is 0.320 e. The van der Waals surface area contributed by atoms with Crippen molar-refractivity contribution in [1.29, 1.82) is 10.8 Å². The number of nitrogens with zero attached hydrogens (tertiary/aromatic N) is 6. The van der Waals surface area contributed by atoms with Crippen LogP contribution in [0.2, 0.25) is 0 Å². The summed E-state index contributed by atoms with van der Waals surface area (Å²) < 4.78 is 9.77. The Kier molecular flexibility index (Phi) is 10.9. The molecule has 1 fully saturated rings. The lowest BCUT2D eigenvalue weighted by Gasteiger charge is -2.35. The van der Waals surface area contributed by atoms with Crippen LogP contribution >= 0.6 is 0 Å². The Hall–Kier alpha value is -4.91. The Bertz CT molecular complexity index is 1760. The molecular weight excluding hydrogens is 618 g/mol. The lowest BCUT2D eigenvalue weighted by atomic mass is 9.85. The zero-order valence-electron chi connectivity index (χ0n) is 29.5. The average Bonchev–Trinajstić information content (AvgIpc) is 3.46. The Morgan fingerprint density at radius 3 is 2.47 bits per heavy atom. The summed E-state index contributed by atoms with van der Waals surface area (Å²) in [4.78, 5) is 22.2. The fraction of sp³-hybridized carbons (Fsp3) is 0.472. The minimum Gasteiger partial charge on any atom is -0.484 e. The van der Waals surface area contributed by atoms with Crippen molar-refractivity contribution in [3.05, 3.63) is 83.4 Å². The van der Waals surface area contributed by atoms with E-state index >= 15 is 0 Å². The number of carbonyl (C=O) groups excluding carboxylic acids is 1. The molecule has 0 bridgehead atoms. The molecule has 262 valence electrons. The minimum atomic E-state index is -0.392. The van der Waals surface area contributed by atoms with Crippen LogP contribution in [0.5, 0.6) is 5.75 Å². The number of urea groups is 1. The van der Waals surface area contributed by atoms with Crippen molar-refractivity contribution in [2.45, 2.75) is 58.6 Å². The van der Waals surface area contributed by atoms with Crippen LogP contribution in [0.3, 0.4) is 0 Å². The number of carbonyl (C=O) groups is 1. The van der Waals surface area contributed by atoms with E-state index in [2.05, 4.69) is 39.7 Å². The van der Waals surface area contributed by atoms with E-state index in [0.29, 0.717) is 47.7 Å². The number of aliphatic imine (C=N–C) groups is 1. The van der Waals surface area contributed by atoms with Crippen LogP contribution in [-0.4, -0.2) is 75.7 Å². The number of allylic oxidation sites excluding steroid dienone is 1. The van der Waals surface area contributed by atoms with Crippen molar-refractivity contribution >= 4 is 23.5 Å². The molecule has 3 aromatic rings. The van der Waals surface area contributed by atoms with E-state index in [1.807, 2.05) is 49.9 Å². The van der Waals surface area contributed by atoms with E-state index in [1.165, 1.54) is 0 Å². The number of amides is 2. The number of piperidine rings is 1. The second-order valence-corrected chi connectivity index (χ2v) is 14.3. The maximum atomic E-state index is 13.4. The van der Waals surface area contributed by atoms with Gasteiger partial charge in [-0.15, -0.1) is 0 Å². The molecule has 13 heteroatoms. The molecule has 2 aromatic heterocycles. The number of pyridine rings is 1. The van der Waals surface area contributed by atoms with Crippen molar-refractivity contribution in [3.8, 4) is 5.75 Å². The number of rotatable bonds is 7. The van der Waals surface area contributed by atoms with Gasteiger partial charge in [0.05, 0.1) is 24.6 Å². The summed E-state index contributed by atoms with van der Waals surface area (Å²) in [5.74, 6) is 1.82. The number of likely N-dealkylation sites (tertiary alicyclic amines) is 1. The van der Waals surface area contributed by atoms with Crippen LogP contribution in [-0.2, 0) is 7.05 Å². The Balaban J connectivity index is 1.28. The third-order valence-electron chi connectivity index (χ3n) is 9.05. The highest BCUT2D eigenvalue weighted by molar-refractivity contribution is 6.05. The molecule has 1 aromatic carbocycles. The fourth-order valence-corrected chi connectivity index (χ4v) is 6.29. The molecule has 1 aliphatic carbocycles. The van der Waals surface area contributed by atoms with Gasteiger partial charge >= 0.3 is 6.03 Å². The third kappa shape index (κ3) is 9.17. The zero-order chi connectivity index (χ0) is 35.3. The minimum absolute atomic E-state index is 0.234. The van der Waals surface area contributed by atoms with Gasteiger partial charge in [-0.25, -0.2) is 9.79 Å². The highest BCUT2D eigenvalue weighted by Crippen LogP contribution is 2.38. The second kappa shape index (κ2) is 15.1. The van der Waals surface area contributed by atoms with Gasteiger partial charge in [0.1, 0.15) is 28.9 Å². The van der Waals surface area contributed by atoms with E-state index < -0.39 is 6.03 Å². The number of amidine groups is 1. The molecule has 0 saturated carbocycles. The maximum absolute atomic E-state index is 13.4. The van der Waals surface area contributed by atoms with Crippen LogP contribution in [0.1, 0.15) is 69.7 Å². The first-order chi connectivity index (χ1) is 23.3. The topological polar surface area (TPSA) is 166 Å². The lowest BCUT2D eigenvalue weighted by Crippen LogP contribution is -2.45. The van der Waals surface area contributed by atoms with Crippen LogP contribution in [0, 0.1) is 22.2 Å². The Labute approximate surface area is 288 Å². The normalized spacial score (nSPS) is 19.0. The molecule has 0 radical (unpaired) electrons. The van der Waals surface area contributed by atoms with E-state index in [1.54, 1.807) is 53.1 Å². The summed E-state index contributed by atoms with van der Waals surface area (Å²) in [5.41, 5.74) is 9.41. The van der Waals surface area contributed by atoms with E-state index in [-0.39, 0.29) is 23.0 Å². The van der Waals surface area contributed by atoms with E-state index in [0.717, 1.165) is 43.6 Å². The van der Waals surface area contributed by atoms with E-state index in [9.17, 15) is 4.79 Å². The maximum Gasteiger partial charge on any atom is 0.320 e. The molecule has 49 heavy (non-hydrogen) atoms. The molecular formula is C36H51N11O2. The molecule has 0 spiro atoms. The quantitative estimate of drug-likeness (QED) is 0.182. The summed E-state index contributed by atoms with van der Waals surface area (Å²) in [5, 5.41) is 27.6. The van der Waals surface area contributed by atoms with Crippen molar-refractivity contribution in [3.63, 3.8) is 0 Å². The molecule has 1 saturated heterocycles. The summed E-state index contributed by atoms with van der Waals surface area (Å²) in [6.45, 7) is 8.64. The van der Waals surface area contributed by atoms with Crippen LogP contribution in [0.15, 0.2) is 71.8 Å². The first-order valence-corrected chi connectivity index (χ1v) is 16.9. The van der Waals surface area contributed by atoms with Gasteiger partial charge in [-0.05, 0) is 69.0 Å². The molecule has 3 heterocycles. The molecule has 5 rings (SSSR count). The molecule has 2 atom stereocenters. The summed E-state index contributed by atoms with van der Waals surface area (Å²) in [6, 6.07) is 10.8. The third-order valence-corrected chi connectivity index (χ3v) is 9.05. The van der Waals surface area contributed by atoms with Gasteiger partial charge in [0.2, 0.25) is 5.96 Å². The van der Waals surface area contributed by atoms with Gasteiger partial charge in [0.25, 0.3) is 0 Å². The summed E-state index contributed by atoms with van der Waals surface area (Å²) >= 11 is 0. The largest absolute Gasteiger partial charge is 0.484 e. The van der Waals surface area contributed by atoms with Gasteiger partial charge in [-0.2, -0.15) is 5.10 Å².